The van der Waals surface area contributed by atoms with Crippen molar-refractivity contribution in [3.8, 4) is 22.8 Å². The highest BCUT2D eigenvalue weighted by Gasteiger charge is 2.20. The molecule has 3 rings (SSSR count). The number of nitrogens with two attached hydrogens (primary N) is 1. The number of hydrogen-bond acceptors (Lipinski definition) is 6. The molecule has 3 aromatic heterocycles. The van der Waals surface area contributed by atoms with Gasteiger partial charge < -0.3 is 10.3 Å². The normalized spacial score (nSPS) is 10.4. The molecule has 0 saturated heterocycles. The van der Waals surface area contributed by atoms with E-state index in [1.54, 1.807) is 24.7 Å². The van der Waals surface area contributed by atoms with E-state index in [0.29, 0.717) is 22.8 Å². The second-order valence-electron chi connectivity index (χ2n) is 3.56. The zero-order chi connectivity index (χ0) is 12.4. The van der Waals surface area contributed by atoms with E-state index < -0.39 is 0 Å². The van der Waals surface area contributed by atoms with E-state index in [0.717, 1.165) is 0 Å². The van der Waals surface area contributed by atoms with Gasteiger partial charge in [-0.2, -0.15) is 0 Å². The maximum absolute atomic E-state index is 5.81. The fourth-order valence-corrected chi connectivity index (χ4v) is 1.63. The van der Waals surface area contributed by atoms with Crippen LogP contribution >= 0.6 is 0 Å². The summed E-state index contributed by atoms with van der Waals surface area (Å²) in [6.45, 7) is 0. The average Bonchev–Trinajstić information content (AvgIpc) is 2.83. The van der Waals surface area contributed by atoms with Gasteiger partial charge in [0.25, 0.3) is 0 Å². The molecule has 0 aromatic carbocycles. The van der Waals surface area contributed by atoms with Crippen LogP contribution in [0.2, 0.25) is 0 Å². The van der Waals surface area contributed by atoms with Crippen LogP contribution < -0.4 is 5.73 Å². The number of nitrogen functional groups attached to an aromatic ring is 1. The molecule has 0 fully saturated rings. The van der Waals surface area contributed by atoms with Crippen LogP contribution in [0.15, 0.2) is 47.4 Å². The Morgan fingerprint density at radius 2 is 1.72 bits per heavy atom. The summed E-state index contributed by atoms with van der Waals surface area (Å²) >= 11 is 0. The Hall–Kier alpha value is -2.76. The molecule has 0 spiro atoms. The van der Waals surface area contributed by atoms with Crippen LogP contribution in [-0.2, 0) is 0 Å². The summed E-state index contributed by atoms with van der Waals surface area (Å²) in [5.74, 6) is 1.13. The summed E-state index contributed by atoms with van der Waals surface area (Å²) in [6, 6.07) is 7.25. The number of pyridine rings is 1. The lowest BCUT2D eigenvalue weighted by Gasteiger charge is -1.99. The van der Waals surface area contributed by atoms with Crippen molar-refractivity contribution >= 4 is 5.82 Å². The zero-order valence-electron chi connectivity index (χ0n) is 9.32. The van der Waals surface area contributed by atoms with Crippen molar-refractivity contribution in [1.82, 2.24) is 20.1 Å². The van der Waals surface area contributed by atoms with Crippen molar-refractivity contribution in [1.29, 1.82) is 0 Å². The molecule has 0 aliphatic carbocycles. The molecule has 0 aliphatic rings. The Morgan fingerprint density at radius 1 is 0.944 bits per heavy atom. The standard InChI is InChI=1S/C12H9N5O/c13-11-9(8-4-1-2-5-14-8)10(18-17-11)12-15-6-3-7-16-12/h1-7H,(H2,13,17). The molecule has 0 amide bonds. The first kappa shape index (κ1) is 10.4. The van der Waals surface area contributed by atoms with Crippen molar-refractivity contribution in [2.75, 3.05) is 5.73 Å². The molecule has 18 heavy (non-hydrogen) atoms. The minimum atomic E-state index is 0.274. The number of nitrogens with zero attached hydrogens (tertiary/aromatic N) is 4. The summed E-state index contributed by atoms with van der Waals surface area (Å²) in [5, 5.41) is 3.75. The number of hydrogen-bond donors (Lipinski definition) is 1. The molecule has 0 aliphatic heterocycles. The van der Waals surface area contributed by atoms with E-state index in [2.05, 4.69) is 20.1 Å². The van der Waals surface area contributed by atoms with Crippen molar-refractivity contribution in [3.05, 3.63) is 42.9 Å². The van der Waals surface area contributed by atoms with Crippen LogP contribution in [0.4, 0.5) is 5.82 Å². The topological polar surface area (TPSA) is 90.7 Å². The molecule has 2 N–H and O–H groups in total. The molecular weight excluding hydrogens is 230 g/mol. The van der Waals surface area contributed by atoms with Gasteiger partial charge in [-0.3, -0.25) is 4.98 Å². The van der Waals surface area contributed by atoms with Gasteiger partial charge in [-0.1, -0.05) is 11.2 Å². The maximum Gasteiger partial charge on any atom is 0.215 e. The molecule has 3 heterocycles. The molecule has 3 aromatic rings. The summed E-state index contributed by atoms with van der Waals surface area (Å²) < 4.78 is 5.20. The minimum absolute atomic E-state index is 0.274. The van der Waals surface area contributed by atoms with Gasteiger partial charge in [0.2, 0.25) is 5.76 Å². The second-order valence-corrected chi connectivity index (χ2v) is 3.56. The third-order valence-corrected chi connectivity index (χ3v) is 2.41. The van der Waals surface area contributed by atoms with Gasteiger partial charge >= 0.3 is 0 Å². The Kier molecular flexibility index (Phi) is 2.45. The summed E-state index contributed by atoms with van der Waals surface area (Å²) in [7, 11) is 0. The Bertz CT molecular complexity index is 651. The maximum atomic E-state index is 5.81. The van der Waals surface area contributed by atoms with Crippen molar-refractivity contribution in [2.45, 2.75) is 0 Å². The van der Waals surface area contributed by atoms with Crippen LogP contribution in [0.25, 0.3) is 22.8 Å². The van der Waals surface area contributed by atoms with Crippen molar-refractivity contribution < 1.29 is 4.52 Å². The van der Waals surface area contributed by atoms with Gasteiger partial charge in [0.05, 0.1) is 11.3 Å². The summed E-state index contributed by atoms with van der Waals surface area (Å²) in [4.78, 5) is 12.5. The van der Waals surface area contributed by atoms with Gasteiger partial charge in [0.15, 0.2) is 11.6 Å². The molecule has 0 saturated carbocycles. The molecule has 0 bridgehead atoms. The van der Waals surface area contributed by atoms with Crippen LogP contribution in [-0.4, -0.2) is 20.1 Å². The lowest BCUT2D eigenvalue weighted by Crippen LogP contribution is -1.92. The van der Waals surface area contributed by atoms with Crippen LogP contribution in [0.3, 0.4) is 0 Å². The van der Waals surface area contributed by atoms with Crippen LogP contribution in [0.5, 0.6) is 0 Å². The quantitative estimate of drug-likeness (QED) is 0.732. The molecule has 6 nitrogen and oxygen atoms in total. The van der Waals surface area contributed by atoms with Crippen LogP contribution in [0, 0.1) is 0 Å². The fraction of sp³-hybridized carbons (Fsp3) is 0. The van der Waals surface area contributed by atoms with Crippen LogP contribution in [0.1, 0.15) is 0 Å². The third kappa shape index (κ3) is 1.69. The lowest BCUT2D eigenvalue weighted by atomic mass is 10.1. The first-order chi connectivity index (χ1) is 8.86. The third-order valence-electron chi connectivity index (χ3n) is 2.41. The molecule has 0 atom stereocenters. The first-order valence-corrected chi connectivity index (χ1v) is 5.30. The molecular formula is C12H9N5O. The molecule has 6 heteroatoms. The van der Waals surface area contributed by atoms with Gasteiger partial charge in [-0.15, -0.1) is 0 Å². The van der Waals surface area contributed by atoms with E-state index >= 15 is 0 Å². The highest BCUT2D eigenvalue weighted by Crippen LogP contribution is 2.33. The van der Waals surface area contributed by atoms with Crippen molar-refractivity contribution in [2.24, 2.45) is 0 Å². The predicted molar refractivity (Wildman–Crippen MR) is 65.2 cm³/mol. The highest BCUT2D eigenvalue weighted by atomic mass is 16.5. The summed E-state index contributed by atoms with van der Waals surface area (Å²) in [5.41, 5.74) is 7.10. The molecule has 0 unspecified atom stereocenters. The lowest BCUT2D eigenvalue weighted by molar-refractivity contribution is 0.433. The predicted octanol–water partition coefficient (Wildman–Crippen LogP) is 1.78. The monoisotopic (exact) mass is 239 g/mol. The van der Waals surface area contributed by atoms with Gasteiger partial charge in [0, 0.05) is 18.6 Å². The zero-order valence-corrected chi connectivity index (χ0v) is 9.32. The second kappa shape index (κ2) is 4.25. The van der Waals surface area contributed by atoms with E-state index in [1.165, 1.54) is 0 Å². The Labute approximate surface area is 103 Å². The van der Waals surface area contributed by atoms with E-state index in [1.807, 2.05) is 18.2 Å². The van der Waals surface area contributed by atoms with Crippen molar-refractivity contribution in [3.63, 3.8) is 0 Å². The molecule has 0 radical (unpaired) electrons. The largest absolute Gasteiger partial charge is 0.380 e. The highest BCUT2D eigenvalue weighted by molar-refractivity contribution is 5.82. The van der Waals surface area contributed by atoms with Gasteiger partial charge in [-0.05, 0) is 18.2 Å². The fourth-order valence-electron chi connectivity index (χ4n) is 1.63. The van der Waals surface area contributed by atoms with E-state index in [4.69, 9.17) is 10.3 Å². The Morgan fingerprint density at radius 3 is 2.44 bits per heavy atom. The SMILES string of the molecule is Nc1noc(-c2ncccn2)c1-c1ccccn1. The number of aromatic nitrogens is 4. The average molecular weight is 239 g/mol. The smallest absolute Gasteiger partial charge is 0.215 e. The summed E-state index contributed by atoms with van der Waals surface area (Å²) in [6.07, 6.45) is 4.93. The minimum Gasteiger partial charge on any atom is -0.380 e. The first-order valence-electron chi connectivity index (χ1n) is 5.30. The van der Waals surface area contributed by atoms with Gasteiger partial charge in [-0.25, -0.2) is 9.97 Å². The Balaban J connectivity index is 2.19. The van der Waals surface area contributed by atoms with E-state index in [9.17, 15) is 0 Å². The number of rotatable bonds is 2. The number of anilines is 1. The van der Waals surface area contributed by atoms with E-state index in [-0.39, 0.29) is 5.82 Å². The molecule has 88 valence electrons. The van der Waals surface area contributed by atoms with Gasteiger partial charge in [0.1, 0.15) is 0 Å².